The second kappa shape index (κ2) is 5.56. The molecule has 1 aliphatic heterocycles. The van der Waals surface area contributed by atoms with Crippen molar-refractivity contribution in [2.75, 3.05) is 12.3 Å². The van der Waals surface area contributed by atoms with Gasteiger partial charge in [-0.2, -0.15) is 13.8 Å². The lowest BCUT2D eigenvalue weighted by molar-refractivity contribution is -0.184. The maximum atomic E-state index is 14.6. The van der Waals surface area contributed by atoms with E-state index in [1.54, 1.807) is 20.8 Å². The van der Waals surface area contributed by atoms with E-state index in [0.717, 1.165) is 6.20 Å². The van der Waals surface area contributed by atoms with Crippen LogP contribution in [0.5, 0.6) is 0 Å². The summed E-state index contributed by atoms with van der Waals surface area (Å²) in [5, 5.41) is 9.28. The smallest absolute Gasteiger partial charge is 0.351 e. The number of nitrogens with two attached hydrogens (primary N) is 1. The van der Waals surface area contributed by atoms with Crippen molar-refractivity contribution in [3.8, 4) is 0 Å². The van der Waals surface area contributed by atoms with E-state index in [1.807, 2.05) is 0 Å². The summed E-state index contributed by atoms with van der Waals surface area (Å²) in [5.74, 6) is -3.61. The van der Waals surface area contributed by atoms with E-state index in [0.29, 0.717) is 4.57 Å². The Morgan fingerprint density at radius 1 is 1.55 bits per heavy atom. The number of aromatic nitrogens is 2. The van der Waals surface area contributed by atoms with E-state index < -0.39 is 42.3 Å². The quantitative estimate of drug-likeness (QED) is 0.843. The molecule has 7 nitrogen and oxygen atoms in total. The molecular formula is C13H19F2N3O4. The fraction of sp³-hybridized carbons (Fsp3) is 0.692. The van der Waals surface area contributed by atoms with Gasteiger partial charge in [-0.15, -0.1) is 0 Å². The summed E-state index contributed by atoms with van der Waals surface area (Å²) in [6.07, 6.45) is -3.79. The summed E-state index contributed by atoms with van der Waals surface area (Å²) in [5.41, 5.74) is 3.51. The monoisotopic (exact) mass is 319 g/mol. The van der Waals surface area contributed by atoms with Gasteiger partial charge in [0.25, 0.3) is 0 Å². The molecule has 1 saturated heterocycles. The zero-order valence-electron chi connectivity index (χ0n) is 12.5. The highest BCUT2D eigenvalue weighted by atomic mass is 19.3. The predicted molar refractivity (Wildman–Crippen MR) is 73.5 cm³/mol. The number of hydrogen-bond acceptors (Lipinski definition) is 6. The van der Waals surface area contributed by atoms with Crippen LogP contribution < -0.4 is 11.4 Å². The Hall–Kier alpha value is -1.58. The van der Waals surface area contributed by atoms with Crippen LogP contribution in [0.15, 0.2) is 17.1 Å². The maximum absolute atomic E-state index is 14.6. The largest absolute Gasteiger partial charge is 0.394 e. The van der Waals surface area contributed by atoms with Crippen molar-refractivity contribution in [2.24, 2.45) is 0 Å². The number of alkyl halides is 2. The lowest BCUT2D eigenvalue weighted by atomic mass is 10.1. The molecule has 1 fully saturated rings. The highest BCUT2D eigenvalue weighted by molar-refractivity contribution is 5.23. The highest BCUT2D eigenvalue weighted by Crippen LogP contribution is 2.44. The fourth-order valence-corrected chi connectivity index (χ4v) is 2.25. The molecule has 3 N–H and O–H groups in total. The van der Waals surface area contributed by atoms with Gasteiger partial charge in [0.15, 0.2) is 6.10 Å². The molecule has 0 aromatic carbocycles. The number of rotatable bonds is 3. The molecule has 1 aromatic rings. The Kier molecular flexibility index (Phi) is 4.24. The summed E-state index contributed by atoms with van der Waals surface area (Å²) < 4.78 is 40.4. The molecular weight excluding hydrogens is 300 g/mol. The van der Waals surface area contributed by atoms with Gasteiger partial charge in [0.05, 0.1) is 12.2 Å². The van der Waals surface area contributed by atoms with Crippen LogP contribution in [0.3, 0.4) is 0 Å². The highest BCUT2D eigenvalue weighted by Gasteiger charge is 2.61. The molecule has 0 bridgehead atoms. The van der Waals surface area contributed by atoms with E-state index in [9.17, 15) is 18.7 Å². The van der Waals surface area contributed by atoms with Gasteiger partial charge in [0.1, 0.15) is 11.9 Å². The third-order valence-corrected chi connectivity index (χ3v) is 3.11. The number of nitrogens with zero attached hydrogens (tertiary/aromatic N) is 2. The van der Waals surface area contributed by atoms with Crippen molar-refractivity contribution in [2.45, 2.75) is 50.7 Å². The Bertz CT molecular complexity index is 600. The molecule has 124 valence electrons. The first kappa shape index (κ1) is 16.8. The summed E-state index contributed by atoms with van der Waals surface area (Å²) in [7, 11) is 0. The molecule has 9 heteroatoms. The van der Waals surface area contributed by atoms with Crippen molar-refractivity contribution in [1.29, 1.82) is 0 Å². The molecule has 1 aliphatic rings. The first-order valence-corrected chi connectivity index (χ1v) is 6.73. The van der Waals surface area contributed by atoms with Crippen molar-refractivity contribution < 1.29 is 23.4 Å². The summed E-state index contributed by atoms with van der Waals surface area (Å²) in [6, 6.07) is 1.22. The number of anilines is 1. The number of nitrogen functional groups attached to an aromatic ring is 1. The molecule has 2 rings (SSSR count). The minimum absolute atomic E-state index is 0.0798. The van der Waals surface area contributed by atoms with Gasteiger partial charge in [-0.05, 0) is 26.8 Å². The number of aliphatic hydroxyl groups is 1. The first-order valence-electron chi connectivity index (χ1n) is 6.73. The average molecular weight is 319 g/mol. The van der Waals surface area contributed by atoms with Crippen molar-refractivity contribution in [3.05, 3.63) is 22.7 Å². The number of aliphatic hydroxyl groups excluding tert-OH is 1. The van der Waals surface area contributed by atoms with Crippen LogP contribution in [0.2, 0.25) is 0 Å². The second-order valence-electron chi connectivity index (χ2n) is 6.08. The molecule has 0 amide bonds. The van der Waals surface area contributed by atoms with Gasteiger partial charge in [-0.3, -0.25) is 4.57 Å². The minimum Gasteiger partial charge on any atom is -0.394 e. The van der Waals surface area contributed by atoms with Crippen LogP contribution in [-0.4, -0.2) is 45.0 Å². The molecule has 1 unspecified atom stereocenters. The van der Waals surface area contributed by atoms with Crippen LogP contribution >= 0.6 is 0 Å². The van der Waals surface area contributed by atoms with E-state index in [4.69, 9.17) is 15.2 Å². The lowest BCUT2D eigenvalue weighted by Crippen LogP contribution is -2.46. The van der Waals surface area contributed by atoms with Crippen LogP contribution in [0, 0.1) is 0 Å². The minimum atomic E-state index is -3.53. The molecule has 1 aromatic heterocycles. The van der Waals surface area contributed by atoms with Gasteiger partial charge in [0.2, 0.25) is 6.23 Å². The zero-order chi connectivity index (χ0) is 16.7. The van der Waals surface area contributed by atoms with Crippen LogP contribution in [0.1, 0.15) is 27.0 Å². The number of hydrogen-bond donors (Lipinski definition) is 2. The molecule has 0 aliphatic carbocycles. The lowest BCUT2D eigenvalue weighted by Gasteiger charge is -2.30. The fourth-order valence-electron chi connectivity index (χ4n) is 2.25. The maximum Gasteiger partial charge on any atom is 0.351 e. The van der Waals surface area contributed by atoms with Crippen LogP contribution in [0.25, 0.3) is 0 Å². The molecule has 2 heterocycles. The summed E-state index contributed by atoms with van der Waals surface area (Å²) >= 11 is 0. The molecule has 0 saturated carbocycles. The molecule has 0 radical (unpaired) electrons. The van der Waals surface area contributed by atoms with Gasteiger partial charge < -0.3 is 20.3 Å². The van der Waals surface area contributed by atoms with Crippen LogP contribution in [-0.2, 0) is 9.47 Å². The Morgan fingerprint density at radius 2 is 2.18 bits per heavy atom. The normalized spacial score (nSPS) is 28.0. The predicted octanol–water partition coefficient (Wildman–Crippen LogP) is 0.534. The molecule has 22 heavy (non-hydrogen) atoms. The molecule has 0 spiro atoms. The van der Waals surface area contributed by atoms with E-state index >= 15 is 0 Å². The van der Waals surface area contributed by atoms with Crippen molar-refractivity contribution in [3.63, 3.8) is 0 Å². The summed E-state index contributed by atoms with van der Waals surface area (Å²) in [6.45, 7) is 4.18. The Labute approximate surface area is 125 Å². The number of halogens is 2. The van der Waals surface area contributed by atoms with E-state index in [2.05, 4.69) is 4.98 Å². The topological polar surface area (TPSA) is 99.6 Å². The molecule has 3 atom stereocenters. The first-order chi connectivity index (χ1) is 10.1. The second-order valence-corrected chi connectivity index (χ2v) is 6.08. The number of ether oxygens (including phenoxy) is 2. The van der Waals surface area contributed by atoms with Crippen LogP contribution in [0.4, 0.5) is 14.6 Å². The van der Waals surface area contributed by atoms with Crippen molar-refractivity contribution >= 4 is 5.82 Å². The van der Waals surface area contributed by atoms with E-state index in [-0.39, 0.29) is 5.82 Å². The third-order valence-electron chi connectivity index (χ3n) is 3.11. The van der Waals surface area contributed by atoms with Gasteiger partial charge >= 0.3 is 11.6 Å². The van der Waals surface area contributed by atoms with Crippen molar-refractivity contribution in [1.82, 2.24) is 9.55 Å². The van der Waals surface area contributed by atoms with Gasteiger partial charge in [0, 0.05) is 6.20 Å². The standard InChI is InChI=1S/C13H19F2N3O4/c1-12(2,3)22-9-7(6-19)21-10(13(9,14)15)18-5-4-8(16)17-11(18)20/h4-5,7,9-10,19H,6H2,1-3H3,(H2,16,17,20)/t7-,9?,10-/m1/s1. The average Bonchev–Trinajstić information content (AvgIpc) is 2.60. The van der Waals surface area contributed by atoms with Gasteiger partial charge in [-0.25, -0.2) is 4.79 Å². The Morgan fingerprint density at radius 3 is 2.68 bits per heavy atom. The zero-order valence-corrected chi connectivity index (χ0v) is 12.5. The third kappa shape index (κ3) is 3.11. The Balaban J connectivity index is 2.40. The van der Waals surface area contributed by atoms with Gasteiger partial charge in [-0.1, -0.05) is 0 Å². The SMILES string of the molecule is CC(C)(C)OC1[C@@H](CO)O[C@@H](n2ccc(N)nc2=O)C1(F)F. The van der Waals surface area contributed by atoms with E-state index in [1.165, 1.54) is 6.07 Å². The summed E-state index contributed by atoms with van der Waals surface area (Å²) in [4.78, 5) is 15.2.